The molecule has 3 N–H and O–H groups in total. The maximum Gasteiger partial charge on any atom is 0.231 e. The average molecular weight is 264 g/mol. The molecule has 19 heavy (non-hydrogen) atoms. The summed E-state index contributed by atoms with van der Waals surface area (Å²) >= 11 is 0. The fourth-order valence-corrected chi connectivity index (χ4v) is 2.53. The molecule has 2 aliphatic heterocycles. The van der Waals surface area contributed by atoms with Gasteiger partial charge < -0.3 is 20.7 Å². The molecule has 0 aliphatic carbocycles. The molecule has 0 saturated carbocycles. The molecule has 104 valence electrons. The Bertz CT molecular complexity index is 428. The standard InChI is InChI=1S/C12H20N6O/c13-10-15-11(14-8-9-4-3-7-19-9)17-12(16-10)18-5-1-2-6-18/h9H,1-8H2,(H3,13,14,15,16,17). The minimum absolute atomic E-state index is 0.258. The Hall–Kier alpha value is -1.63. The van der Waals surface area contributed by atoms with E-state index in [9.17, 15) is 0 Å². The van der Waals surface area contributed by atoms with Gasteiger partial charge in [0.15, 0.2) is 0 Å². The third kappa shape index (κ3) is 3.04. The molecule has 1 unspecified atom stereocenters. The zero-order valence-electron chi connectivity index (χ0n) is 11.0. The van der Waals surface area contributed by atoms with Crippen LogP contribution in [0, 0.1) is 0 Å². The van der Waals surface area contributed by atoms with Gasteiger partial charge in [-0.15, -0.1) is 0 Å². The average Bonchev–Trinajstić information content (AvgIpc) is 3.09. The van der Waals surface area contributed by atoms with Crippen molar-refractivity contribution >= 4 is 17.8 Å². The second-order valence-corrected chi connectivity index (χ2v) is 5.03. The molecule has 0 aromatic carbocycles. The lowest BCUT2D eigenvalue weighted by molar-refractivity contribution is 0.120. The molecule has 0 radical (unpaired) electrons. The maximum absolute atomic E-state index is 5.75. The molecular weight excluding hydrogens is 244 g/mol. The number of nitrogens with one attached hydrogen (secondary N) is 1. The van der Waals surface area contributed by atoms with Crippen molar-refractivity contribution in [2.75, 3.05) is 42.2 Å². The van der Waals surface area contributed by atoms with E-state index in [1.807, 2.05) is 0 Å². The maximum atomic E-state index is 5.75. The van der Waals surface area contributed by atoms with Gasteiger partial charge in [-0.1, -0.05) is 0 Å². The summed E-state index contributed by atoms with van der Waals surface area (Å²) in [6.07, 6.45) is 4.85. The predicted octanol–water partition coefficient (Wildman–Crippen LogP) is 0.645. The van der Waals surface area contributed by atoms with Crippen molar-refractivity contribution in [3.8, 4) is 0 Å². The molecule has 0 amide bonds. The Morgan fingerprint density at radius 1 is 1.21 bits per heavy atom. The summed E-state index contributed by atoms with van der Waals surface area (Å²) in [6.45, 7) is 3.57. The predicted molar refractivity (Wildman–Crippen MR) is 73.2 cm³/mol. The van der Waals surface area contributed by atoms with Crippen LogP contribution in [0.2, 0.25) is 0 Å². The van der Waals surface area contributed by atoms with Crippen molar-refractivity contribution < 1.29 is 4.74 Å². The third-order valence-electron chi connectivity index (χ3n) is 3.54. The fraction of sp³-hybridized carbons (Fsp3) is 0.750. The summed E-state index contributed by atoms with van der Waals surface area (Å²) in [4.78, 5) is 14.9. The van der Waals surface area contributed by atoms with Crippen LogP contribution in [0.4, 0.5) is 17.8 Å². The van der Waals surface area contributed by atoms with Gasteiger partial charge in [-0.25, -0.2) is 0 Å². The molecular formula is C12H20N6O. The highest BCUT2D eigenvalue weighted by molar-refractivity contribution is 5.42. The minimum Gasteiger partial charge on any atom is -0.376 e. The van der Waals surface area contributed by atoms with E-state index < -0.39 is 0 Å². The second kappa shape index (κ2) is 5.56. The Kier molecular flexibility index (Phi) is 3.63. The summed E-state index contributed by atoms with van der Waals surface area (Å²) < 4.78 is 5.56. The first kappa shape index (κ1) is 12.4. The summed E-state index contributed by atoms with van der Waals surface area (Å²) in [5, 5.41) is 3.20. The highest BCUT2D eigenvalue weighted by Crippen LogP contribution is 2.18. The van der Waals surface area contributed by atoms with E-state index in [0.717, 1.165) is 39.1 Å². The molecule has 2 aliphatic rings. The van der Waals surface area contributed by atoms with Gasteiger partial charge in [0, 0.05) is 26.2 Å². The van der Waals surface area contributed by atoms with E-state index in [0.29, 0.717) is 11.9 Å². The lowest BCUT2D eigenvalue weighted by atomic mass is 10.2. The monoisotopic (exact) mass is 264 g/mol. The van der Waals surface area contributed by atoms with Gasteiger partial charge in [0.2, 0.25) is 17.8 Å². The van der Waals surface area contributed by atoms with Gasteiger partial charge in [0.25, 0.3) is 0 Å². The number of hydrogen-bond acceptors (Lipinski definition) is 7. The molecule has 2 fully saturated rings. The van der Waals surface area contributed by atoms with Crippen molar-refractivity contribution in [1.29, 1.82) is 0 Å². The van der Waals surface area contributed by atoms with Crippen LogP contribution in [-0.4, -0.2) is 47.3 Å². The summed E-state index contributed by atoms with van der Waals surface area (Å²) in [7, 11) is 0. The van der Waals surface area contributed by atoms with Crippen molar-refractivity contribution in [2.45, 2.75) is 31.8 Å². The van der Waals surface area contributed by atoms with E-state index in [1.165, 1.54) is 12.8 Å². The molecule has 1 aromatic heterocycles. The number of rotatable bonds is 4. The van der Waals surface area contributed by atoms with Gasteiger partial charge in [-0.2, -0.15) is 15.0 Å². The second-order valence-electron chi connectivity index (χ2n) is 5.03. The number of nitrogens with zero attached hydrogens (tertiary/aromatic N) is 4. The molecule has 2 saturated heterocycles. The molecule has 7 heteroatoms. The largest absolute Gasteiger partial charge is 0.376 e. The SMILES string of the molecule is Nc1nc(NCC2CCCO2)nc(N2CCCC2)n1. The Labute approximate surface area is 112 Å². The van der Waals surface area contributed by atoms with Crippen LogP contribution >= 0.6 is 0 Å². The zero-order valence-corrected chi connectivity index (χ0v) is 11.0. The van der Waals surface area contributed by atoms with E-state index in [-0.39, 0.29) is 12.1 Å². The van der Waals surface area contributed by atoms with Crippen molar-refractivity contribution in [2.24, 2.45) is 0 Å². The first-order chi connectivity index (χ1) is 9.31. The summed E-state index contributed by atoms with van der Waals surface area (Å²) in [6, 6.07) is 0. The Morgan fingerprint density at radius 3 is 2.79 bits per heavy atom. The molecule has 1 atom stereocenters. The van der Waals surface area contributed by atoms with Crippen LogP contribution in [0.3, 0.4) is 0 Å². The van der Waals surface area contributed by atoms with E-state index in [4.69, 9.17) is 10.5 Å². The minimum atomic E-state index is 0.258. The lowest BCUT2D eigenvalue weighted by Gasteiger charge is -2.16. The highest BCUT2D eigenvalue weighted by Gasteiger charge is 2.18. The number of anilines is 3. The van der Waals surface area contributed by atoms with Gasteiger partial charge in [-0.05, 0) is 25.7 Å². The van der Waals surface area contributed by atoms with Crippen molar-refractivity contribution in [3.05, 3.63) is 0 Å². The number of hydrogen-bond donors (Lipinski definition) is 2. The number of nitrogens with two attached hydrogens (primary N) is 1. The summed E-state index contributed by atoms with van der Waals surface area (Å²) in [5.41, 5.74) is 5.75. The normalized spacial score (nSPS) is 22.9. The van der Waals surface area contributed by atoms with E-state index in [2.05, 4.69) is 25.2 Å². The van der Waals surface area contributed by atoms with Gasteiger partial charge in [-0.3, -0.25) is 0 Å². The first-order valence-corrected chi connectivity index (χ1v) is 6.93. The number of ether oxygens (including phenoxy) is 1. The van der Waals surface area contributed by atoms with Gasteiger partial charge in [0.1, 0.15) is 0 Å². The third-order valence-corrected chi connectivity index (χ3v) is 3.54. The zero-order chi connectivity index (χ0) is 13.1. The Balaban J connectivity index is 1.66. The topological polar surface area (TPSA) is 89.2 Å². The smallest absolute Gasteiger partial charge is 0.231 e. The molecule has 0 spiro atoms. The van der Waals surface area contributed by atoms with Gasteiger partial charge >= 0.3 is 0 Å². The Morgan fingerprint density at radius 2 is 2.05 bits per heavy atom. The van der Waals surface area contributed by atoms with Crippen LogP contribution in [0.1, 0.15) is 25.7 Å². The van der Waals surface area contributed by atoms with Crippen LogP contribution in [0.15, 0.2) is 0 Å². The number of aromatic nitrogens is 3. The van der Waals surface area contributed by atoms with Crippen LogP contribution in [0.5, 0.6) is 0 Å². The fourth-order valence-electron chi connectivity index (χ4n) is 2.53. The highest BCUT2D eigenvalue weighted by atomic mass is 16.5. The summed E-state index contributed by atoms with van der Waals surface area (Å²) in [5.74, 6) is 1.50. The molecule has 1 aromatic rings. The van der Waals surface area contributed by atoms with Crippen molar-refractivity contribution in [3.63, 3.8) is 0 Å². The van der Waals surface area contributed by atoms with Crippen molar-refractivity contribution in [1.82, 2.24) is 15.0 Å². The van der Waals surface area contributed by atoms with E-state index in [1.54, 1.807) is 0 Å². The van der Waals surface area contributed by atoms with Crippen LogP contribution < -0.4 is 16.0 Å². The van der Waals surface area contributed by atoms with E-state index >= 15 is 0 Å². The molecule has 7 nitrogen and oxygen atoms in total. The molecule has 0 bridgehead atoms. The molecule has 3 heterocycles. The van der Waals surface area contributed by atoms with Gasteiger partial charge in [0.05, 0.1) is 6.10 Å². The lowest BCUT2D eigenvalue weighted by Crippen LogP contribution is -2.24. The quantitative estimate of drug-likeness (QED) is 0.825. The molecule has 3 rings (SSSR count). The van der Waals surface area contributed by atoms with Crippen LogP contribution in [0.25, 0.3) is 0 Å². The van der Waals surface area contributed by atoms with Crippen LogP contribution in [-0.2, 0) is 4.74 Å². The first-order valence-electron chi connectivity index (χ1n) is 6.93. The number of nitrogen functional groups attached to an aromatic ring is 1.